The van der Waals surface area contributed by atoms with E-state index in [1.165, 1.54) is 24.3 Å². The van der Waals surface area contributed by atoms with Crippen molar-refractivity contribution in [1.29, 1.82) is 0 Å². The van der Waals surface area contributed by atoms with Gasteiger partial charge in [-0.15, -0.1) is 0 Å². The Morgan fingerprint density at radius 2 is 1.26 bits per heavy atom. The molecule has 4 rings (SSSR count). The number of hydrogen-bond donors (Lipinski definition) is 1. The first-order valence-corrected chi connectivity index (χ1v) is 12.3. The van der Waals surface area contributed by atoms with Crippen LogP contribution in [0.5, 0.6) is 0 Å². The molecule has 2 aromatic rings. The predicted molar refractivity (Wildman–Crippen MR) is 107 cm³/mol. The van der Waals surface area contributed by atoms with Gasteiger partial charge in [-0.3, -0.25) is 8.37 Å². The third-order valence-electron chi connectivity index (χ3n) is 5.14. The molecule has 2 aliphatic heterocycles. The summed E-state index contributed by atoms with van der Waals surface area (Å²) in [4.78, 5) is -0.216. The van der Waals surface area contributed by atoms with Gasteiger partial charge in [-0.25, -0.2) is 0 Å². The van der Waals surface area contributed by atoms with E-state index in [0.29, 0.717) is 0 Å². The SMILES string of the molecule is Cc1ccc(S(=O)(=O)O[C@@H]2[C@@H]3OC[C@@H](O3)[C@@H](OS(=O)(=O)c3ccc(C)cc3)[C@@H]2O)cc1. The number of rotatable bonds is 6. The van der Waals surface area contributed by atoms with Crippen molar-refractivity contribution in [2.24, 2.45) is 0 Å². The fourth-order valence-corrected chi connectivity index (χ4v) is 5.58. The second-order valence-corrected chi connectivity index (χ2v) is 10.7. The highest BCUT2D eigenvalue weighted by Crippen LogP contribution is 2.35. The Balaban J connectivity index is 1.57. The van der Waals surface area contributed by atoms with Gasteiger partial charge in [-0.05, 0) is 38.1 Å². The van der Waals surface area contributed by atoms with E-state index in [0.717, 1.165) is 11.1 Å². The second kappa shape index (κ2) is 8.24. The van der Waals surface area contributed by atoms with Crippen LogP contribution in [0.4, 0.5) is 0 Å². The largest absolute Gasteiger partial charge is 0.387 e. The Bertz CT molecular complexity index is 1050. The molecule has 1 N–H and O–H groups in total. The van der Waals surface area contributed by atoms with Gasteiger partial charge in [0, 0.05) is 0 Å². The molecule has 0 spiro atoms. The summed E-state index contributed by atoms with van der Waals surface area (Å²) in [5.74, 6) is 0. The van der Waals surface area contributed by atoms with Crippen molar-refractivity contribution in [1.82, 2.24) is 0 Å². The average molecular weight is 471 g/mol. The van der Waals surface area contributed by atoms with E-state index in [-0.39, 0.29) is 16.4 Å². The zero-order chi connectivity index (χ0) is 22.4. The third kappa shape index (κ3) is 4.53. The molecule has 0 aromatic heterocycles. The molecule has 0 amide bonds. The Kier molecular flexibility index (Phi) is 5.94. The van der Waals surface area contributed by atoms with Crippen molar-refractivity contribution in [2.75, 3.05) is 6.61 Å². The molecule has 2 heterocycles. The molecule has 2 bridgehead atoms. The van der Waals surface area contributed by atoms with Crippen LogP contribution in [0.2, 0.25) is 0 Å². The molecule has 31 heavy (non-hydrogen) atoms. The maximum atomic E-state index is 12.7. The van der Waals surface area contributed by atoms with Gasteiger partial charge in [0.25, 0.3) is 20.2 Å². The molecule has 168 valence electrons. The molecule has 0 radical (unpaired) electrons. The summed E-state index contributed by atoms with van der Waals surface area (Å²) in [7, 11) is -8.54. The predicted octanol–water partition coefficient (Wildman–Crippen LogP) is 1.27. The zero-order valence-corrected chi connectivity index (χ0v) is 18.4. The Morgan fingerprint density at radius 3 is 1.74 bits per heavy atom. The lowest BCUT2D eigenvalue weighted by atomic mass is 10.0. The van der Waals surface area contributed by atoms with E-state index in [1.54, 1.807) is 31.2 Å². The summed E-state index contributed by atoms with van der Waals surface area (Å²) in [6.07, 6.45) is -6.64. The number of aliphatic hydroxyl groups excluding tert-OH is 1. The van der Waals surface area contributed by atoms with Gasteiger partial charge in [0.2, 0.25) is 0 Å². The lowest BCUT2D eigenvalue weighted by Crippen LogP contribution is -2.56. The maximum Gasteiger partial charge on any atom is 0.297 e. The van der Waals surface area contributed by atoms with Gasteiger partial charge in [-0.2, -0.15) is 16.8 Å². The summed E-state index contributed by atoms with van der Waals surface area (Å²) < 4.78 is 72.1. The molecule has 2 aliphatic rings. The summed E-state index contributed by atoms with van der Waals surface area (Å²) >= 11 is 0. The first-order chi connectivity index (χ1) is 14.6. The van der Waals surface area contributed by atoms with Crippen LogP contribution in [0.25, 0.3) is 0 Å². The van der Waals surface area contributed by atoms with Crippen molar-refractivity contribution in [2.45, 2.75) is 54.3 Å². The number of fused-ring (bicyclic) bond motifs is 2. The van der Waals surface area contributed by atoms with Crippen molar-refractivity contribution in [3.8, 4) is 0 Å². The zero-order valence-electron chi connectivity index (χ0n) is 16.7. The highest BCUT2D eigenvalue weighted by molar-refractivity contribution is 7.87. The molecule has 0 aliphatic carbocycles. The van der Waals surface area contributed by atoms with E-state index >= 15 is 0 Å². The van der Waals surface area contributed by atoms with Crippen molar-refractivity contribution in [3.05, 3.63) is 59.7 Å². The molecule has 0 saturated carbocycles. The molecular formula is C20H22O9S2. The molecular weight excluding hydrogens is 448 g/mol. The number of benzene rings is 2. The van der Waals surface area contributed by atoms with Crippen LogP contribution < -0.4 is 0 Å². The fourth-order valence-electron chi connectivity index (χ4n) is 3.39. The number of ether oxygens (including phenoxy) is 2. The van der Waals surface area contributed by atoms with Gasteiger partial charge in [0.15, 0.2) is 12.4 Å². The van der Waals surface area contributed by atoms with Gasteiger partial charge in [0.05, 0.1) is 16.4 Å². The van der Waals surface area contributed by atoms with Crippen molar-refractivity contribution < 1.29 is 39.8 Å². The minimum absolute atomic E-state index is 0.0831. The van der Waals surface area contributed by atoms with Crippen LogP contribution in [-0.2, 0) is 38.1 Å². The minimum Gasteiger partial charge on any atom is -0.387 e. The third-order valence-corrected chi connectivity index (χ3v) is 7.79. The Labute approximate surface area is 180 Å². The van der Waals surface area contributed by atoms with E-state index in [9.17, 15) is 21.9 Å². The van der Waals surface area contributed by atoms with Crippen LogP contribution in [0.3, 0.4) is 0 Å². The Hall–Kier alpha value is -1.86. The van der Waals surface area contributed by atoms with E-state index in [1.807, 2.05) is 6.92 Å². The van der Waals surface area contributed by atoms with Gasteiger partial charge >= 0.3 is 0 Å². The second-order valence-electron chi connectivity index (χ2n) is 7.52. The smallest absolute Gasteiger partial charge is 0.297 e. The summed E-state index contributed by atoms with van der Waals surface area (Å²) in [5, 5.41) is 10.8. The molecule has 2 fully saturated rings. The minimum atomic E-state index is -4.28. The van der Waals surface area contributed by atoms with E-state index in [4.69, 9.17) is 17.8 Å². The van der Waals surface area contributed by atoms with E-state index in [2.05, 4.69) is 0 Å². The summed E-state index contributed by atoms with van der Waals surface area (Å²) in [5.41, 5.74) is 1.72. The standard InChI is InChI=1S/C20H22O9S2/c1-12-3-7-14(8-4-12)30(22,23)28-18-16-11-26-20(27-16)19(17(18)21)29-31(24,25)15-9-5-13(2)6-10-15/h3-10,16-21H,11H2,1-2H3/t16-,17+,18-,19+,20-/m1/s1. The van der Waals surface area contributed by atoms with Crippen LogP contribution in [0.1, 0.15) is 11.1 Å². The van der Waals surface area contributed by atoms with Crippen LogP contribution in [0.15, 0.2) is 58.3 Å². The van der Waals surface area contributed by atoms with Crippen LogP contribution >= 0.6 is 0 Å². The van der Waals surface area contributed by atoms with Crippen molar-refractivity contribution >= 4 is 20.2 Å². The average Bonchev–Trinajstić information content (AvgIpc) is 3.16. The quantitative estimate of drug-likeness (QED) is 0.621. The molecule has 11 heteroatoms. The first-order valence-electron chi connectivity index (χ1n) is 9.52. The highest BCUT2D eigenvalue weighted by atomic mass is 32.2. The molecule has 2 saturated heterocycles. The van der Waals surface area contributed by atoms with Gasteiger partial charge in [0.1, 0.15) is 18.3 Å². The number of aliphatic hydroxyl groups is 1. The van der Waals surface area contributed by atoms with E-state index < -0.39 is 50.9 Å². The first kappa shape index (κ1) is 22.3. The van der Waals surface area contributed by atoms with Crippen molar-refractivity contribution in [3.63, 3.8) is 0 Å². The summed E-state index contributed by atoms with van der Waals surface area (Å²) in [6.45, 7) is 3.53. The summed E-state index contributed by atoms with van der Waals surface area (Å²) in [6, 6.07) is 11.9. The van der Waals surface area contributed by atoms with Gasteiger partial charge in [-0.1, -0.05) is 35.4 Å². The van der Waals surface area contributed by atoms with Crippen LogP contribution in [0, 0.1) is 13.8 Å². The molecule has 9 nitrogen and oxygen atoms in total. The fraction of sp³-hybridized carbons (Fsp3) is 0.400. The highest BCUT2D eigenvalue weighted by Gasteiger charge is 2.54. The number of aryl methyl sites for hydroxylation is 2. The Morgan fingerprint density at radius 1 is 0.806 bits per heavy atom. The normalized spacial score (nSPS) is 28.5. The molecule has 0 unspecified atom stereocenters. The molecule has 2 aromatic carbocycles. The lowest BCUT2D eigenvalue weighted by molar-refractivity contribution is -0.213. The molecule has 5 atom stereocenters. The van der Waals surface area contributed by atoms with Crippen LogP contribution in [-0.4, -0.2) is 59.3 Å². The monoisotopic (exact) mass is 470 g/mol. The topological polar surface area (TPSA) is 125 Å². The maximum absolute atomic E-state index is 12.7. The lowest BCUT2D eigenvalue weighted by Gasteiger charge is -2.36. The number of hydrogen-bond acceptors (Lipinski definition) is 9. The van der Waals surface area contributed by atoms with Gasteiger partial charge < -0.3 is 14.6 Å².